The summed E-state index contributed by atoms with van der Waals surface area (Å²) in [6.45, 7) is 8.77. The van der Waals surface area contributed by atoms with E-state index in [0.29, 0.717) is 24.0 Å². The molecule has 0 saturated heterocycles. The summed E-state index contributed by atoms with van der Waals surface area (Å²) in [6.07, 6.45) is 3.57. The Kier molecular flexibility index (Phi) is 12.9. The molecule has 0 aliphatic heterocycles. The Morgan fingerprint density at radius 2 is 1.93 bits per heavy atom. The van der Waals surface area contributed by atoms with Crippen molar-refractivity contribution in [2.24, 2.45) is 10.9 Å². The Morgan fingerprint density at radius 1 is 1.22 bits per heavy atom. The van der Waals surface area contributed by atoms with Crippen molar-refractivity contribution in [1.29, 1.82) is 0 Å². The number of nitrogens with zero attached hydrogens (tertiary/aromatic N) is 1. The quantitative estimate of drug-likeness (QED) is 0.276. The average Bonchev–Trinajstić information content (AvgIpc) is 2.57. The van der Waals surface area contributed by atoms with Gasteiger partial charge in [0, 0.05) is 26.6 Å². The van der Waals surface area contributed by atoms with Crippen molar-refractivity contribution in [3.05, 3.63) is 23.8 Å². The Balaban J connectivity index is 0.00000676. The monoisotopic (exact) mass is 490 g/mol. The summed E-state index contributed by atoms with van der Waals surface area (Å²) in [5.41, 5.74) is 1.70. The second-order valence-electron chi connectivity index (χ2n) is 7.01. The molecule has 0 fully saturated rings. The SMILES string of the molecule is CN=C(NCc1ccc(OC)c(NC(C)=O)c1)NC(C)CCCC(C)C.I. The third kappa shape index (κ3) is 10.4. The number of carbonyl (C=O) groups excluding carboxylic acids is 1. The largest absolute Gasteiger partial charge is 0.495 e. The van der Waals surface area contributed by atoms with Crippen molar-refractivity contribution in [1.82, 2.24) is 10.6 Å². The lowest BCUT2D eigenvalue weighted by Gasteiger charge is -2.19. The van der Waals surface area contributed by atoms with E-state index in [2.05, 4.69) is 41.7 Å². The highest BCUT2D eigenvalue weighted by Crippen LogP contribution is 2.25. The Bertz CT molecular complexity index is 606. The number of hydrogen-bond acceptors (Lipinski definition) is 3. The van der Waals surface area contributed by atoms with Crippen LogP contribution >= 0.6 is 24.0 Å². The smallest absolute Gasteiger partial charge is 0.221 e. The topological polar surface area (TPSA) is 74.8 Å². The van der Waals surface area contributed by atoms with Crippen LogP contribution in [0.3, 0.4) is 0 Å². The van der Waals surface area contributed by atoms with Gasteiger partial charge in [0.1, 0.15) is 5.75 Å². The first-order chi connectivity index (χ1) is 12.3. The molecule has 1 aromatic rings. The molecule has 1 unspecified atom stereocenters. The molecule has 0 saturated carbocycles. The minimum absolute atomic E-state index is 0. The number of benzene rings is 1. The summed E-state index contributed by atoms with van der Waals surface area (Å²) in [7, 11) is 3.36. The molecule has 6 nitrogen and oxygen atoms in total. The van der Waals surface area contributed by atoms with E-state index >= 15 is 0 Å². The van der Waals surface area contributed by atoms with E-state index in [1.165, 1.54) is 19.8 Å². The molecule has 0 heterocycles. The first-order valence-electron chi connectivity index (χ1n) is 9.27. The van der Waals surface area contributed by atoms with E-state index in [1.54, 1.807) is 14.2 Å². The maximum absolute atomic E-state index is 11.3. The van der Waals surface area contributed by atoms with Crippen molar-refractivity contribution in [3.63, 3.8) is 0 Å². The van der Waals surface area contributed by atoms with Crippen LogP contribution in [0.15, 0.2) is 23.2 Å². The van der Waals surface area contributed by atoms with E-state index in [9.17, 15) is 4.79 Å². The average molecular weight is 490 g/mol. The number of hydrogen-bond donors (Lipinski definition) is 3. The lowest BCUT2D eigenvalue weighted by Crippen LogP contribution is -2.41. The number of carbonyl (C=O) groups is 1. The van der Waals surface area contributed by atoms with Crippen LogP contribution in [0.2, 0.25) is 0 Å². The van der Waals surface area contributed by atoms with Crippen molar-refractivity contribution < 1.29 is 9.53 Å². The van der Waals surface area contributed by atoms with Crippen LogP contribution in [0.5, 0.6) is 5.75 Å². The van der Waals surface area contributed by atoms with Gasteiger partial charge < -0.3 is 20.7 Å². The third-order valence-electron chi connectivity index (χ3n) is 4.06. The number of guanidine groups is 1. The fourth-order valence-corrected chi connectivity index (χ4v) is 2.67. The molecular weight excluding hydrogens is 455 g/mol. The highest BCUT2D eigenvalue weighted by Gasteiger charge is 2.08. The second-order valence-corrected chi connectivity index (χ2v) is 7.01. The van der Waals surface area contributed by atoms with Gasteiger partial charge in [-0.15, -0.1) is 24.0 Å². The van der Waals surface area contributed by atoms with Crippen LogP contribution in [-0.4, -0.2) is 32.1 Å². The van der Waals surface area contributed by atoms with Gasteiger partial charge in [0.15, 0.2) is 5.96 Å². The highest BCUT2D eigenvalue weighted by atomic mass is 127. The number of methoxy groups -OCH3 is 1. The van der Waals surface area contributed by atoms with Gasteiger partial charge in [0.25, 0.3) is 0 Å². The molecule has 3 N–H and O–H groups in total. The zero-order valence-electron chi connectivity index (χ0n) is 17.4. The van der Waals surface area contributed by atoms with Gasteiger partial charge in [-0.2, -0.15) is 0 Å². The molecule has 1 amide bonds. The summed E-state index contributed by atoms with van der Waals surface area (Å²) >= 11 is 0. The summed E-state index contributed by atoms with van der Waals surface area (Å²) in [6, 6.07) is 6.10. The third-order valence-corrected chi connectivity index (χ3v) is 4.06. The molecule has 0 aromatic heterocycles. The molecule has 0 aliphatic carbocycles. The van der Waals surface area contributed by atoms with Crippen LogP contribution in [0.4, 0.5) is 5.69 Å². The number of nitrogens with one attached hydrogen (secondary N) is 3. The molecule has 0 aliphatic rings. The fraction of sp³-hybridized carbons (Fsp3) is 0.600. The zero-order chi connectivity index (χ0) is 19.5. The van der Waals surface area contributed by atoms with Gasteiger partial charge in [-0.3, -0.25) is 9.79 Å². The van der Waals surface area contributed by atoms with E-state index < -0.39 is 0 Å². The summed E-state index contributed by atoms with van der Waals surface area (Å²) in [5.74, 6) is 2.04. The molecular formula is C20H35IN4O2. The predicted molar refractivity (Wildman–Crippen MR) is 124 cm³/mol. The normalized spacial score (nSPS) is 12.2. The van der Waals surface area contributed by atoms with Gasteiger partial charge in [-0.05, 0) is 37.0 Å². The number of anilines is 1. The standard InChI is InChI=1S/C20H34N4O2.HI/c1-14(2)8-7-9-15(3)23-20(21-5)22-13-17-10-11-19(26-6)18(12-17)24-16(4)25;/h10-12,14-15H,7-9,13H2,1-6H3,(H,24,25)(H2,21,22,23);1H. The number of rotatable bonds is 9. The molecule has 1 aromatic carbocycles. The minimum atomic E-state index is -0.124. The maximum Gasteiger partial charge on any atom is 0.221 e. The summed E-state index contributed by atoms with van der Waals surface area (Å²) in [5, 5.41) is 9.54. The van der Waals surface area contributed by atoms with Crippen LogP contribution in [0.1, 0.15) is 52.5 Å². The molecule has 0 bridgehead atoms. The van der Waals surface area contributed by atoms with Gasteiger partial charge in [0.05, 0.1) is 12.8 Å². The summed E-state index contributed by atoms with van der Waals surface area (Å²) in [4.78, 5) is 15.6. The maximum atomic E-state index is 11.3. The van der Waals surface area contributed by atoms with Crippen LogP contribution in [-0.2, 0) is 11.3 Å². The van der Waals surface area contributed by atoms with Crippen LogP contribution < -0.4 is 20.7 Å². The Morgan fingerprint density at radius 3 is 2.48 bits per heavy atom. The van der Waals surface area contributed by atoms with Gasteiger partial charge in [-0.1, -0.05) is 32.8 Å². The Labute approximate surface area is 181 Å². The van der Waals surface area contributed by atoms with Crippen molar-refractivity contribution >= 4 is 41.5 Å². The van der Waals surface area contributed by atoms with E-state index in [0.717, 1.165) is 23.9 Å². The Hall–Kier alpha value is -1.51. The van der Waals surface area contributed by atoms with E-state index in [1.807, 2.05) is 18.2 Å². The lowest BCUT2D eigenvalue weighted by molar-refractivity contribution is -0.114. The van der Waals surface area contributed by atoms with Crippen molar-refractivity contribution in [2.75, 3.05) is 19.5 Å². The van der Waals surface area contributed by atoms with E-state index in [4.69, 9.17) is 4.74 Å². The number of aliphatic imine (C=N–C) groups is 1. The number of amides is 1. The van der Waals surface area contributed by atoms with Crippen molar-refractivity contribution in [2.45, 2.75) is 59.5 Å². The fourth-order valence-electron chi connectivity index (χ4n) is 2.67. The predicted octanol–water partition coefficient (Wildman–Crippen LogP) is 4.15. The van der Waals surface area contributed by atoms with Gasteiger partial charge >= 0.3 is 0 Å². The molecule has 7 heteroatoms. The van der Waals surface area contributed by atoms with Crippen LogP contribution in [0.25, 0.3) is 0 Å². The second kappa shape index (κ2) is 13.6. The molecule has 0 spiro atoms. The number of halogens is 1. The molecule has 0 radical (unpaired) electrons. The van der Waals surface area contributed by atoms with Gasteiger partial charge in [0.2, 0.25) is 5.91 Å². The zero-order valence-corrected chi connectivity index (χ0v) is 19.7. The molecule has 154 valence electrons. The minimum Gasteiger partial charge on any atom is -0.495 e. The van der Waals surface area contributed by atoms with Crippen LogP contribution in [0, 0.1) is 5.92 Å². The molecule has 27 heavy (non-hydrogen) atoms. The molecule has 1 atom stereocenters. The van der Waals surface area contributed by atoms with Crippen molar-refractivity contribution in [3.8, 4) is 5.75 Å². The lowest BCUT2D eigenvalue weighted by atomic mass is 10.0. The first-order valence-corrected chi connectivity index (χ1v) is 9.27. The first kappa shape index (κ1) is 25.5. The number of ether oxygens (including phenoxy) is 1. The van der Waals surface area contributed by atoms with E-state index in [-0.39, 0.29) is 29.9 Å². The molecule has 1 rings (SSSR count). The highest BCUT2D eigenvalue weighted by molar-refractivity contribution is 14.0. The van der Waals surface area contributed by atoms with Gasteiger partial charge in [-0.25, -0.2) is 0 Å². The summed E-state index contributed by atoms with van der Waals surface area (Å²) < 4.78 is 5.28.